The molecule has 0 aliphatic heterocycles. The Balaban J connectivity index is 2.06. The number of amides is 1. The zero-order chi connectivity index (χ0) is 23.3. The number of nitrogens with two attached hydrogens (primary N) is 1. The summed E-state index contributed by atoms with van der Waals surface area (Å²) in [6, 6.07) is 16.5. The minimum atomic E-state index is -0.722. The van der Waals surface area contributed by atoms with Gasteiger partial charge in [-0.05, 0) is 29.2 Å². The molecule has 0 saturated carbocycles. The SMILES string of the molecule is COCCN(C(=O)c1ccc(C(C)C)cc1)c1c(N)n(Cc2ccccc2)c(=O)[nH]c1=O. The van der Waals surface area contributed by atoms with Crippen molar-refractivity contribution in [1.29, 1.82) is 0 Å². The number of nitrogens with one attached hydrogen (secondary N) is 1. The number of benzene rings is 2. The molecular formula is C24H28N4O4. The van der Waals surface area contributed by atoms with Gasteiger partial charge in [0.05, 0.1) is 13.2 Å². The number of rotatable bonds is 8. The van der Waals surface area contributed by atoms with E-state index in [-0.39, 0.29) is 31.2 Å². The Morgan fingerprint density at radius 3 is 2.34 bits per heavy atom. The Hall–Kier alpha value is -3.65. The van der Waals surface area contributed by atoms with Crippen LogP contribution in [0.25, 0.3) is 0 Å². The molecular weight excluding hydrogens is 408 g/mol. The number of nitrogen functional groups attached to an aromatic ring is 1. The Morgan fingerprint density at radius 2 is 1.75 bits per heavy atom. The monoisotopic (exact) mass is 436 g/mol. The van der Waals surface area contributed by atoms with Gasteiger partial charge in [-0.25, -0.2) is 4.79 Å². The van der Waals surface area contributed by atoms with Gasteiger partial charge >= 0.3 is 5.69 Å². The fraction of sp³-hybridized carbons (Fsp3) is 0.292. The molecule has 3 N–H and O–H groups in total. The van der Waals surface area contributed by atoms with Crippen LogP contribution in [0.15, 0.2) is 64.2 Å². The number of H-pyrrole nitrogens is 1. The summed E-state index contributed by atoms with van der Waals surface area (Å²) in [4.78, 5) is 42.2. The van der Waals surface area contributed by atoms with Gasteiger partial charge in [0.15, 0.2) is 5.69 Å². The van der Waals surface area contributed by atoms with Crippen molar-refractivity contribution in [2.75, 3.05) is 30.9 Å². The highest BCUT2D eigenvalue weighted by Gasteiger charge is 2.25. The van der Waals surface area contributed by atoms with Gasteiger partial charge < -0.3 is 10.5 Å². The number of ether oxygens (including phenoxy) is 1. The maximum atomic E-state index is 13.4. The van der Waals surface area contributed by atoms with E-state index in [1.165, 1.54) is 16.6 Å². The zero-order valence-electron chi connectivity index (χ0n) is 18.5. The maximum absolute atomic E-state index is 13.4. The lowest BCUT2D eigenvalue weighted by molar-refractivity contribution is 0.0975. The van der Waals surface area contributed by atoms with Crippen molar-refractivity contribution in [2.45, 2.75) is 26.3 Å². The number of carbonyl (C=O) groups is 1. The van der Waals surface area contributed by atoms with Crippen molar-refractivity contribution in [3.8, 4) is 0 Å². The topological polar surface area (TPSA) is 110 Å². The van der Waals surface area contributed by atoms with Crippen LogP contribution in [0.2, 0.25) is 0 Å². The van der Waals surface area contributed by atoms with E-state index in [2.05, 4.69) is 18.8 Å². The highest BCUT2D eigenvalue weighted by Crippen LogP contribution is 2.21. The van der Waals surface area contributed by atoms with E-state index in [0.29, 0.717) is 11.5 Å². The predicted octanol–water partition coefficient (Wildman–Crippen LogP) is 2.58. The standard InChI is InChI=1S/C24H28N4O4/c1-16(2)18-9-11-19(12-10-18)23(30)27(13-14-32-3)20-21(25)28(24(31)26-22(20)29)15-17-7-5-4-6-8-17/h4-12,16H,13-15,25H2,1-3H3,(H,26,29,31). The maximum Gasteiger partial charge on any atom is 0.330 e. The average molecular weight is 437 g/mol. The Bertz CT molecular complexity index is 1180. The van der Waals surface area contributed by atoms with Crippen LogP contribution in [0.5, 0.6) is 0 Å². The first-order valence-corrected chi connectivity index (χ1v) is 10.4. The van der Waals surface area contributed by atoms with Gasteiger partial charge in [0, 0.05) is 19.2 Å². The smallest absolute Gasteiger partial charge is 0.330 e. The van der Waals surface area contributed by atoms with E-state index in [4.69, 9.17) is 10.5 Å². The second-order valence-corrected chi connectivity index (χ2v) is 7.79. The summed E-state index contributed by atoms with van der Waals surface area (Å²) in [5, 5.41) is 0. The fourth-order valence-electron chi connectivity index (χ4n) is 3.43. The van der Waals surface area contributed by atoms with Crippen LogP contribution in [0.3, 0.4) is 0 Å². The molecule has 0 atom stereocenters. The summed E-state index contributed by atoms with van der Waals surface area (Å²) >= 11 is 0. The lowest BCUT2D eigenvalue weighted by atomic mass is 10.0. The second kappa shape index (κ2) is 10.1. The van der Waals surface area contributed by atoms with Crippen LogP contribution in [0, 0.1) is 0 Å². The molecule has 3 aromatic rings. The molecule has 2 aromatic carbocycles. The van der Waals surface area contributed by atoms with Crippen molar-refractivity contribution < 1.29 is 9.53 Å². The molecule has 8 nitrogen and oxygen atoms in total. The zero-order valence-corrected chi connectivity index (χ0v) is 18.5. The summed E-state index contributed by atoms with van der Waals surface area (Å²) < 4.78 is 6.40. The molecule has 1 amide bonds. The minimum Gasteiger partial charge on any atom is -0.383 e. The number of aromatic nitrogens is 2. The van der Waals surface area contributed by atoms with Gasteiger partial charge in [-0.15, -0.1) is 0 Å². The molecule has 0 fully saturated rings. The number of hydrogen-bond donors (Lipinski definition) is 2. The molecule has 1 heterocycles. The van der Waals surface area contributed by atoms with Gasteiger partial charge in [-0.3, -0.25) is 24.0 Å². The van der Waals surface area contributed by atoms with Crippen LogP contribution in [-0.4, -0.2) is 35.7 Å². The third-order valence-corrected chi connectivity index (χ3v) is 5.26. The third kappa shape index (κ3) is 4.97. The van der Waals surface area contributed by atoms with Crippen LogP contribution in [0.4, 0.5) is 11.5 Å². The quantitative estimate of drug-likeness (QED) is 0.564. The van der Waals surface area contributed by atoms with E-state index >= 15 is 0 Å². The average Bonchev–Trinajstić information content (AvgIpc) is 2.79. The summed E-state index contributed by atoms with van der Waals surface area (Å²) in [6.07, 6.45) is 0. The third-order valence-electron chi connectivity index (χ3n) is 5.26. The molecule has 0 aliphatic rings. The predicted molar refractivity (Wildman–Crippen MR) is 125 cm³/mol. The summed E-state index contributed by atoms with van der Waals surface area (Å²) in [5.74, 6) is -0.158. The highest BCUT2D eigenvalue weighted by molar-refractivity contribution is 6.07. The molecule has 0 unspecified atom stereocenters. The van der Waals surface area contributed by atoms with Gasteiger partial charge in [-0.2, -0.15) is 0 Å². The second-order valence-electron chi connectivity index (χ2n) is 7.79. The van der Waals surface area contributed by atoms with Crippen LogP contribution >= 0.6 is 0 Å². The lowest BCUT2D eigenvalue weighted by Crippen LogP contribution is -2.42. The summed E-state index contributed by atoms with van der Waals surface area (Å²) in [5.41, 5.74) is 7.19. The highest BCUT2D eigenvalue weighted by atomic mass is 16.5. The van der Waals surface area contributed by atoms with Crippen LogP contribution in [-0.2, 0) is 11.3 Å². The molecule has 3 rings (SSSR count). The Kier molecular flexibility index (Phi) is 7.27. The first-order valence-electron chi connectivity index (χ1n) is 10.4. The van der Waals surface area contributed by atoms with Gasteiger partial charge in [0.25, 0.3) is 11.5 Å². The number of carbonyl (C=O) groups excluding carboxylic acids is 1. The molecule has 0 aliphatic carbocycles. The van der Waals surface area contributed by atoms with E-state index < -0.39 is 17.2 Å². The number of hydrogen-bond acceptors (Lipinski definition) is 5. The van der Waals surface area contributed by atoms with Crippen molar-refractivity contribution >= 4 is 17.4 Å². The Morgan fingerprint density at radius 1 is 1.09 bits per heavy atom. The molecule has 8 heteroatoms. The van der Waals surface area contributed by atoms with Crippen molar-refractivity contribution in [3.05, 3.63) is 92.1 Å². The largest absolute Gasteiger partial charge is 0.383 e. The van der Waals surface area contributed by atoms with E-state index in [1.54, 1.807) is 12.1 Å². The number of aromatic amines is 1. The van der Waals surface area contributed by atoms with Crippen molar-refractivity contribution in [2.24, 2.45) is 0 Å². The molecule has 0 spiro atoms. The van der Waals surface area contributed by atoms with Crippen LogP contribution in [0.1, 0.15) is 41.3 Å². The Labute approximate surface area is 186 Å². The molecule has 1 aromatic heterocycles. The van der Waals surface area contributed by atoms with Gasteiger partial charge in [0.1, 0.15) is 5.82 Å². The first-order chi connectivity index (χ1) is 15.3. The van der Waals surface area contributed by atoms with Gasteiger partial charge in [0.2, 0.25) is 0 Å². The number of methoxy groups -OCH3 is 1. The van der Waals surface area contributed by atoms with E-state index in [9.17, 15) is 14.4 Å². The molecule has 32 heavy (non-hydrogen) atoms. The van der Waals surface area contributed by atoms with Crippen LogP contribution < -0.4 is 21.9 Å². The van der Waals surface area contributed by atoms with E-state index in [0.717, 1.165) is 11.1 Å². The minimum absolute atomic E-state index is 0.0736. The fourth-order valence-corrected chi connectivity index (χ4v) is 3.43. The van der Waals surface area contributed by atoms with Crippen molar-refractivity contribution in [1.82, 2.24) is 9.55 Å². The molecule has 0 bridgehead atoms. The van der Waals surface area contributed by atoms with E-state index in [1.807, 2.05) is 42.5 Å². The van der Waals surface area contributed by atoms with Gasteiger partial charge in [-0.1, -0.05) is 56.3 Å². The summed E-state index contributed by atoms with van der Waals surface area (Å²) in [7, 11) is 1.50. The molecule has 0 saturated heterocycles. The normalized spacial score (nSPS) is 11.0. The first kappa shape index (κ1) is 23.0. The number of anilines is 2. The van der Waals surface area contributed by atoms with Crippen molar-refractivity contribution in [3.63, 3.8) is 0 Å². The molecule has 168 valence electrons. The lowest BCUT2D eigenvalue weighted by Gasteiger charge is -2.24. The summed E-state index contributed by atoms with van der Waals surface area (Å²) in [6.45, 7) is 4.57. The number of nitrogens with zero attached hydrogens (tertiary/aromatic N) is 2. The molecule has 0 radical (unpaired) electrons.